The summed E-state index contributed by atoms with van der Waals surface area (Å²) in [5, 5.41) is 4.94. The summed E-state index contributed by atoms with van der Waals surface area (Å²) >= 11 is 0. The Morgan fingerprint density at radius 1 is 1.00 bits per heavy atom. The number of aliphatic imine (C=N–C) groups is 1. The lowest BCUT2D eigenvalue weighted by Gasteiger charge is -2.45. The number of aromatic amines is 1. The maximum Gasteiger partial charge on any atom is 0.248 e. The van der Waals surface area contributed by atoms with Crippen LogP contribution < -0.4 is 5.56 Å². The van der Waals surface area contributed by atoms with Gasteiger partial charge in [0.25, 0.3) is 0 Å². The van der Waals surface area contributed by atoms with Crippen LogP contribution in [0.15, 0.2) is 106 Å². The third-order valence-electron chi connectivity index (χ3n) is 7.54. The number of hydrogen-bond acceptors (Lipinski definition) is 2. The van der Waals surface area contributed by atoms with Crippen molar-refractivity contribution in [3.05, 3.63) is 123 Å². The number of allylic oxidation sites excluding steroid dienone is 3. The van der Waals surface area contributed by atoms with Crippen LogP contribution in [0.1, 0.15) is 37.1 Å². The predicted octanol–water partition coefficient (Wildman–Crippen LogP) is 7.13. The van der Waals surface area contributed by atoms with Crippen molar-refractivity contribution in [2.45, 2.75) is 32.2 Å². The number of aromatic nitrogens is 1. The van der Waals surface area contributed by atoms with Crippen molar-refractivity contribution < 1.29 is 0 Å². The van der Waals surface area contributed by atoms with E-state index >= 15 is 0 Å². The molecule has 4 aromatic rings. The minimum atomic E-state index is -0.471. The molecular formula is C32H28N2O. The van der Waals surface area contributed by atoms with Gasteiger partial charge in [-0.3, -0.25) is 9.79 Å². The van der Waals surface area contributed by atoms with E-state index in [1.165, 1.54) is 38.3 Å². The van der Waals surface area contributed by atoms with Crippen LogP contribution in [-0.4, -0.2) is 11.2 Å². The Hall–Kier alpha value is -3.98. The van der Waals surface area contributed by atoms with Crippen LogP contribution in [0.3, 0.4) is 0 Å². The van der Waals surface area contributed by atoms with Crippen molar-refractivity contribution in [2.24, 2.45) is 10.9 Å². The molecule has 1 aromatic heterocycles. The molecule has 2 aliphatic rings. The van der Waals surface area contributed by atoms with Gasteiger partial charge >= 0.3 is 0 Å². The van der Waals surface area contributed by atoms with Crippen LogP contribution in [0.25, 0.3) is 27.6 Å². The number of benzene rings is 3. The van der Waals surface area contributed by atoms with Crippen molar-refractivity contribution in [2.75, 3.05) is 0 Å². The maximum absolute atomic E-state index is 12.1. The summed E-state index contributed by atoms with van der Waals surface area (Å²) in [5.74, 6) is 0.266. The Labute approximate surface area is 205 Å². The third-order valence-corrected chi connectivity index (χ3v) is 7.54. The highest BCUT2D eigenvalue weighted by Gasteiger charge is 2.46. The first-order valence-electron chi connectivity index (χ1n) is 12.3. The Morgan fingerprint density at radius 3 is 2.43 bits per heavy atom. The van der Waals surface area contributed by atoms with E-state index in [0.717, 1.165) is 24.1 Å². The second-order valence-corrected chi connectivity index (χ2v) is 9.69. The zero-order valence-electron chi connectivity index (χ0n) is 20.1. The highest BCUT2D eigenvalue weighted by atomic mass is 16.1. The van der Waals surface area contributed by atoms with Crippen molar-refractivity contribution >= 4 is 33.8 Å². The molecule has 2 aliphatic carbocycles. The standard InChI is InChI=1S/C32H28N2O/c1-3-28-24-17-21(2)20-32(28,29-14-15-31(35)34-30(29)19-24)33-16-8-13-27-25-11-6-4-9-22(25)18-23-10-5-7-12-26(23)27/h3-18,24H,19-20H2,1-2H3,(H,34,35)/b13-8?,28-3+,33-16?/t24-,32+/m0/s1. The summed E-state index contributed by atoms with van der Waals surface area (Å²) in [7, 11) is 0. The topological polar surface area (TPSA) is 45.2 Å². The lowest BCUT2D eigenvalue weighted by molar-refractivity contribution is 0.413. The van der Waals surface area contributed by atoms with Gasteiger partial charge in [0, 0.05) is 35.9 Å². The molecule has 0 fully saturated rings. The van der Waals surface area contributed by atoms with Gasteiger partial charge in [-0.2, -0.15) is 0 Å². The molecule has 3 aromatic carbocycles. The van der Waals surface area contributed by atoms with Crippen molar-refractivity contribution in [3.8, 4) is 0 Å². The highest BCUT2D eigenvalue weighted by molar-refractivity contribution is 6.07. The van der Waals surface area contributed by atoms with E-state index in [4.69, 9.17) is 4.99 Å². The molecule has 3 nitrogen and oxygen atoms in total. The monoisotopic (exact) mass is 456 g/mol. The Kier molecular flexibility index (Phi) is 5.14. The fourth-order valence-corrected chi connectivity index (χ4v) is 6.19. The molecule has 0 saturated carbocycles. The summed E-state index contributed by atoms with van der Waals surface area (Å²) in [6.07, 6.45) is 12.4. The smallest absolute Gasteiger partial charge is 0.248 e. The van der Waals surface area contributed by atoms with Crippen LogP contribution >= 0.6 is 0 Å². The molecule has 0 spiro atoms. The van der Waals surface area contributed by atoms with Gasteiger partial charge in [-0.05, 0) is 71.2 Å². The van der Waals surface area contributed by atoms with Crippen molar-refractivity contribution in [1.82, 2.24) is 4.98 Å². The lowest BCUT2D eigenvalue weighted by Crippen LogP contribution is -2.40. The second kappa shape index (κ2) is 8.35. The van der Waals surface area contributed by atoms with Gasteiger partial charge in [-0.15, -0.1) is 0 Å². The third kappa shape index (κ3) is 3.50. The Bertz CT molecular complexity index is 1600. The fourth-order valence-electron chi connectivity index (χ4n) is 6.19. The SMILES string of the molecule is C/C=C1\[C@H]2C=C(C)C[C@]1(N=CC=Cc1c3ccccc3cc3ccccc13)c1ccc(=O)[nH]c1C2. The summed E-state index contributed by atoms with van der Waals surface area (Å²) in [4.78, 5) is 20.4. The molecule has 1 N–H and O–H groups in total. The molecule has 172 valence electrons. The largest absolute Gasteiger partial charge is 0.326 e. The van der Waals surface area contributed by atoms with E-state index in [9.17, 15) is 4.79 Å². The van der Waals surface area contributed by atoms with Gasteiger partial charge in [0.15, 0.2) is 0 Å². The predicted molar refractivity (Wildman–Crippen MR) is 147 cm³/mol. The van der Waals surface area contributed by atoms with Crippen LogP contribution in [-0.2, 0) is 12.0 Å². The maximum atomic E-state index is 12.1. The van der Waals surface area contributed by atoms with Crippen LogP contribution in [0.5, 0.6) is 0 Å². The minimum absolute atomic E-state index is 0.0479. The minimum Gasteiger partial charge on any atom is -0.326 e. The number of H-pyrrole nitrogens is 1. The first-order chi connectivity index (χ1) is 17.1. The van der Waals surface area contributed by atoms with E-state index in [0.29, 0.717) is 0 Å². The Morgan fingerprint density at radius 2 is 1.71 bits per heavy atom. The quantitative estimate of drug-likeness (QED) is 0.199. The Balaban J connectivity index is 1.47. The van der Waals surface area contributed by atoms with Gasteiger partial charge < -0.3 is 4.98 Å². The fraction of sp³-hybridized carbons (Fsp3) is 0.188. The molecule has 0 saturated heterocycles. The molecular weight excluding hydrogens is 428 g/mol. The molecule has 0 amide bonds. The molecule has 3 heteroatoms. The number of fused-ring (bicyclic) bond motifs is 6. The molecule has 6 rings (SSSR count). The summed E-state index contributed by atoms with van der Waals surface area (Å²) in [5.41, 5.74) is 5.49. The van der Waals surface area contributed by atoms with E-state index in [1.807, 2.05) is 12.3 Å². The molecule has 0 unspecified atom stereocenters. The van der Waals surface area contributed by atoms with Gasteiger partial charge in [0.05, 0.1) is 0 Å². The van der Waals surface area contributed by atoms with Crippen molar-refractivity contribution in [1.29, 1.82) is 0 Å². The molecule has 35 heavy (non-hydrogen) atoms. The summed E-state index contributed by atoms with van der Waals surface area (Å²) < 4.78 is 0. The first kappa shape index (κ1) is 21.5. The molecule has 0 aliphatic heterocycles. The average molecular weight is 457 g/mol. The molecule has 0 radical (unpaired) electrons. The number of rotatable bonds is 3. The summed E-state index contributed by atoms with van der Waals surface area (Å²) in [6, 6.07) is 22.9. The zero-order valence-corrected chi connectivity index (χ0v) is 20.1. The first-order valence-corrected chi connectivity index (χ1v) is 12.3. The number of pyridine rings is 1. The van der Waals surface area contributed by atoms with Gasteiger partial charge in [0.1, 0.15) is 5.54 Å². The van der Waals surface area contributed by atoms with Gasteiger partial charge in [-0.25, -0.2) is 0 Å². The van der Waals surface area contributed by atoms with E-state index in [1.54, 1.807) is 6.07 Å². The average Bonchev–Trinajstić information content (AvgIpc) is 2.85. The normalized spacial score (nSPS) is 22.9. The van der Waals surface area contributed by atoms with Gasteiger partial charge in [-0.1, -0.05) is 72.3 Å². The van der Waals surface area contributed by atoms with Crippen molar-refractivity contribution in [3.63, 3.8) is 0 Å². The van der Waals surface area contributed by atoms with E-state index < -0.39 is 5.54 Å². The molecule has 1 heterocycles. The van der Waals surface area contributed by atoms with Gasteiger partial charge in [0.2, 0.25) is 5.56 Å². The van der Waals surface area contributed by atoms with E-state index in [-0.39, 0.29) is 11.5 Å². The number of nitrogens with zero attached hydrogens (tertiary/aromatic N) is 1. The lowest BCUT2D eigenvalue weighted by atomic mass is 9.63. The van der Waals surface area contributed by atoms with Crippen LogP contribution in [0, 0.1) is 5.92 Å². The molecule has 2 atom stereocenters. The van der Waals surface area contributed by atoms with Crippen LogP contribution in [0.4, 0.5) is 0 Å². The van der Waals surface area contributed by atoms with E-state index in [2.05, 4.69) is 97.7 Å². The highest BCUT2D eigenvalue weighted by Crippen LogP contribution is 2.51. The number of hydrogen-bond donors (Lipinski definition) is 1. The molecule has 2 bridgehead atoms. The zero-order chi connectivity index (χ0) is 24.0. The second-order valence-electron chi connectivity index (χ2n) is 9.69. The number of nitrogens with one attached hydrogen (secondary N) is 1. The van der Waals surface area contributed by atoms with Crippen LogP contribution in [0.2, 0.25) is 0 Å². The summed E-state index contributed by atoms with van der Waals surface area (Å²) in [6.45, 7) is 4.30.